The van der Waals surface area contributed by atoms with Crippen LogP contribution < -0.4 is 5.32 Å². The Hall–Kier alpha value is -0.820. The van der Waals surface area contributed by atoms with Crippen LogP contribution in [0.3, 0.4) is 0 Å². The van der Waals surface area contributed by atoms with E-state index in [0.29, 0.717) is 11.5 Å². The van der Waals surface area contributed by atoms with Gasteiger partial charge in [0.1, 0.15) is 0 Å². The van der Waals surface area contributed by atoms with E-state index in [2.05, 4.69) is 43.4 Å². The number of rotatable bonds is 3. The van der Waals surface area contributed by atoms with Crippen LogP contribution in [0.1, 0.15) is 69.0 Å². The summed E-state index contributed by atoms with van der Waals surface area (Å²) >= 11 is 0. The van der Waals surface area contributed by atoms with Gasteiger partial charge in [0.05, 0.1) is 0 Å². The maximum atomic E-state index is 3.92. The van der Waals surface area contributed by atoms with Crippen molar-refractivity contribution in [3.8, 4) is 0 Å². The molecule has 1 N–H and O–H groups in total. The van der Waals surface area contributed by atoms with Gasteiger partial charge in [-0.05, 0) is 50.5 Å². The molecule has 1 spiro atoms. The van der Waals surface area contributed by atoms with Gasteiger partial charge >= 0.3 is 0 Å². The van der Waals surface area contributed by atoms with Gasteiger partial charge in [-0.15, -0.1) is 0 Å². The van der Waals surface area contributed by atoms with Crippen LogP contribution in [0.15, 0.2) is 24.3 Å². The normalized spacial score (nSPS) is 26.9. The summed E-state index contributed by atoms with van der Waals surface area (Å²) in [6, 6.07) is 10.2. The Morgan fingerprint density at radius 3 is 2.58 bits per heavy atom. The summed E-state index contributed by atoms with van der Waals surface area (Å²) < 4.78 is 0. The lowest BCUT2D eigenvalue weighted by Crippen LogP contribution is -2.54. The molecule has 0 radical (unpaired) electrons. The van der Waals surface area contributed by atoms with E-state index in [4.69, 9.17) is 0 Å². The van der Waals surface area contributed by atoms with Gasteiger partial charge in [-0.2, -0.15) is 0 Å². The fourth-order valence-corrected chi connectivity index (χ4v) is 4.15. The number of aryl methyl sites for hydroxylation is 1. The zero-order valence-electron chi connectivity index (χ0n) is 12.4. The van der Waals surface area contributed by atoms with Gasteiger partial charge in [-0.1, -0.05) is 49.1 Å². The molecule has 3 rings (SSSR count). The second-order valence-corrected chi connectivity index (χ2v) is 6.82. The van der Waals surface area contributed by atoms with E-state index in [1.54, 1.807) is 0 Å². The molecule has 2 aliphatic carbocycles. The standard InChI is InChI=1S/C18H27N/c1-14-7-6-8-16(13-14)15(2)19-17-9-12-18(17)10-4-3-5-11-18/h6-8,13,15,17,19H,3-5,9-12H2,1-2H3/t15-,17?/m1/s1. The number of hydrogen-bond donors (Lipinski definition) is 1. The fourth-order valence-electron chi connectivity index (χ4n) is 4.15. The van der Waals surface area contributed by atoms with Gasteiger partial charge in [-0.25, -0.2) is 0 Å². The first-order valence-corrected chi connectivity index (χ1v) is 8.02. The van der Waals surface area contributed by atoms with Gasteiger partial charge in [0.15, 0.2) is 0 Å². The molecule has 0 aliphatic heterocycles. The summed E-state index contributed by atoms with van der Waals surface area (Å²) in [6.07, 6.45) is 10.1. The lowest BCUT2D eigenvalue weighted by Gasteiger charge is -2.53. The Bertz CT molecular complexity index is 431. The Kier molecular flexibility index (Phi) is 3.66. The molecule has 1 heteroatoms. The molecular weight excluding hydrogens is 230 g/mol. The lowest BCUT2D eigenvalue weighted by molar-refractivity contribution is 0.0174. The van der Waals surface area contributed by atoms with E-state index >= 15 is 0 Å². The first-order valence-electron chi connectivity index (χ1n) is 8.02. The van der Waals surface area contributed by atoms with E-state index in [-0.39, 0.29) is 0 Å². The maximum Gasteiger partial charge on any atom is 0.0294 e. The van der Waals surface area contributed by atoms with Crippen LogP contribution in [0, 0.1) is 12.3 Å². The third-order valence-corrected chi connectivity index (χ3v) is 5.51. The highest BCUT2D eigenvalue weighted by Crippen LogP contribution is 2.52. The quantitative estimate of drug-likeness (QED) is 0.823. The average Bonchev–Trinajstić information content (AvgIpc) is 2.44. The minimum atomic E-state index is 0.490. The molecule has 2 fully saturated rings. The van der Waals surface area contributed by atoms with Crippen LogP contribution in [0.2, 0.25) is 0 Å². The molecule has 1 aromatic carbocycles. The molecule has 1 unspecified atom stereocenters. The summed E-state index contributed by atoms with van der Waals surface area (Å²) in [4.78, 5) is 0. The number of benzene rings is 1. The molecule has 2 atom stereocenters. The summed E-state index contributed by atoms with van der Waals surface area (Å²) in [5.41, 5.74) is 3.47. The van der Waals surface area contributed by atoms with Crippen molar-refractivity contribution in [2.45, 2.75) is 70.9 Å². The van der Waals surface area contributed by atoms with Crippen molar-refractivity contribution < 1.29 is 0 Å². The van der Waals surface area contributed by atoms with Crippen LogP contribution in [0.5, 0.6) is 0 Å². The molecule has 0 heterocycles. The van der Waals surface area contributed by atoms with E-state index in [0.717, 1.165) is 6.04 Å². The van der Waals surface area contributed by atoms with E-state index < -0.39 is 0 Å². The highest BCUT2D eigenvalue weighted by molar-refractivity contribution is 5.25. The van der Waals surface area contributed by atoms with Gasteiger partial charge in [0.25, 0.3) is 0 Å². The Balaban J connectivity index is 1.65. The summed E-state index contributed by atoms with van der Waals surface area (Å²) in [7, 11) is 0. The Labute approximate surface area is 117 Å². The average molecular weight is 257 g/mol. The molecule has 0 aromatic heterocycles. The van der Waals surface area contributed by atoms with Crippen molar-refractivity contribution in [3.63, 3.8) is 0 Å². The third kappa shape index (κ3) is 2.58. The van der Waals surface area contributed by atoms with Gasteiger partial charge in [0, 0.05) is 12.1 Å². The molecule has 2 saturated carbocycles. The molecule has 19 heavy (non-hydrogen) atoms. The Morgan fingerprint density at radius 2 is 1.95 bits per heavy atom. The topological polar surface area (TPSA) is 12.0 Å². The number of hydrogen-bond acceptors (Lipinski definition) is 1. The largest absolute Gasteiger partial charge is 0.307 e. The van der Waals surface area contributed by atoms with Crippen molar-refractivity contribution in [1.29, 1.82) is 0 Å². The molecule has 1 nitrogen and oxygen atoms in total. The first-order chi connectivity index (χ1) is 9.20. The molecule has 0 bridgehead atoms. The number of nitrogens with one attached hydrogen (secondary N) is 1. The summed E-state index contributed by atoms with van der Waals surface area (Å²) in [5, 5.41) is 3.92. The van der Waals surface area contributed by atoms with E-state index in [1.807, 2.05) is 0 Å². The monoisotopic (exact) mass is 257 g/mol. The SMILES string of the molecule is Cc1cccc([C@@H](C)NC2CCC23CCCCC3)c1. The van der Waals surface area contributed by atoms with Crippen LogP contribution in [-0.2, 0) is 0 Å². The van der Waals surface area contributed by atoms with E-state index in [9.17, 15) is 0 Å². The van der Waals surface area contributed by atoms with Crippen LogP contribution in [0.4, 0.5) is 0 Å². The predicted molar refractivity (Wildman–Crippen MR) is 81.3 cm³/mol. The Morgan fingerprint density at radius 1 is 1.16 bits per heavy atom. The fraction of sp³-hybridized carbons (Fsp3) is 0.667. The highest BCUT2D eigenvalue weighted by Gasteiger charge is 2.46. The third-order valence-electron chi connectivity index (χ3n) is 5.51. The predicted octanol–water partition coefficient (Wildman–Crippen LogP) is 4.76. The zero-order valence-corrected chi connectivity index (χ0v) is 12.4. The first kappa shape index (κ1) is 13.2. The molecular formula is C18H27N. The summed E-state index contributed by atoms with van der Waals surface area (Å²) in [6.45, 7) is 4.51. The maximum absolute atomic E-state index is 3.92. The minimum Gasteiger partial charge on any atom is -0.307 e. The van der Waals surface area contributed by atoms with Crippen molar-refractivity contribution in [2.75, 3.05) is 0 Å². The van der Waals surface area contributed by atoms with E-state index in [1.165, 1.54) is 56.1 Å². The van der Waals surface area contributed by atoms with Gasteiger partial charge < -0.3 is 5.32 Å². The van der Waals surface area contributed by atoms with Gasteiger partial charge in [0.2, 0.25) is 0 Å². The zero-order chi connectivity index (χ0) is 13.3. The minimum absolute atomic E-state index is 0.490. The molecule has 0 amide bonds. The molecule has 104 valence electrons. The second-order valence-electron chi connectivity index (χ2n) is 6.82. The second kappa shape index (κ2) is 5.28. The molecule has 0 saturated heterocycles. The smallest absolute Gasteiger partial charge is 0.0294 e. The van der Waals surface area contributed by atoms with Crippen LogP contribution in [0.25, 0.3) is 0 Å². The summed E-state index contributed by atoms with van der Waals surface area (Å²) in [5.74, 6) is 0. The van der Waals surface area contributed by atoms with Crippen molar-refractivity contribution in [3.05, 3.63) is 35.4 Å². The highest BCUT2D eigenvalue weighted by atomic mass is 15.0. The van der Waals surface area contributed by atoms with Crippen molar-refractivity contribution in [1.82, 2.24) is 5.32 Å². The van der Waals surface area contributed by atoms with Crippen molar-refractivity contribution >= 4 is 0 Å². The molecule has 1 aromatic rings. The molecule has 2 aliphatic rings. The van der Waals surface area contributed by atoms with Crippen LogP contribution >= 0.6 is 0 Å². The van der Waals surface area contributed by atoms with Crippen LogP contribution in [-0.4, -0.2) is 6.04 Å². The van der Waals surface area contributed by atoms with Crippen molar-refractivity contribution in [2.24, 2.45) is 5.41 Å². The lowest BCUT2D eigenvalue weighted by atomic mass is 9.57. The van der Waals surface area contributed by atoms with Gasteiger partial charge in [-0.3, -0.25) is 0 Å².